The largest absolute Gasteiger partial charge is 0.495 e. The van der Waals surface area contributed by atoms with Crippen molar-refractivity contribution in [3.8, 4) is 11.5 Å². The highest BCUT2D eigenvalue weighted by molar-refractivity contribution is 6.32. The minimum atomic E-state index is -0.629. The second-order valence-corrected chi connectivity index (χ2v) is 7.01. The molecule has 0 unspecified atom stereocenters. The van der Waals surface area contributed by atoms with Crippen molar-refractivity contribution >= 4 is 34.8 Å². The molecular weight excluding hydrogens is 423 g/mol. The summed E-state index contributed by atoms with van der Waals surface area (Å²) in [4.78, 5) is 25.3. The van der Waals surface area contributed by atoms with Crippen molar-refractivity contribution in [1.29, 1.82) is 0 Å². The Labute approximate surface area is 183 Å². The number of carbonyl (C=O) groups excluding carboxylic acids is 2. The molecule has 0 saturated carbocycles. The monoisotopic (exact) mass is 442 g/mol. The van der Waals surface area contributed by atoms with E-state index in [2.05, 4.69) is 10.6 Å². The predicted octanol–water partition coefficient (Wildman–Crippen LogP) is 5.31. The molecule has 160 valence electrons. The van der Waals surface area contributed by atoms with Crippen LogP contribution in [0, 0.1) is 12.7 Å². The number of rotatable bonds is 6. The van der Waals surface area contributed by atoms with Crippen LogP contribution < -0.4 is 20.1 Å². The lowest BCUT2D eigenvalue weighted by Gasteiger charge is -2.14. The standard InChI is InChI=1S/C23H20ClFN2O4/c1-13-8-9-14(10-18(13)26-23(29)15-6-4-5-7-17(15)25)22(28)27-19-12-20(30-2)16(24)11-21(19)31-3/h4-12H,1-3H3,(H,26,29)(H,27,28). The summed E-state index contributed by atoms with van der Waals surface area (Å²) < 4.78 is 24.4. The van der Waals surface area contributed by atoms with Crippen LogP contribution in [0.1, 0.15) is 26.3 Å². The summed E-state index contributed by atoms with van der Waals surface area (Å²) in [6.07, 6.45) is 0. The van der Waals surface area contributed by atoms with Crippen LogP contribution in [-0.2, 0) is 0 Å². The van der Waals surface area contributed by atoms with E-state index in [0.29, 0.717) is 33.5 Å². The molecule has 2 N–H and O–H groups in total. The van der Waals surface area contributed by atoms with Crippen LogP contribution in [0.3, 0.4) is 0 Å². The van der Waals surface area contributed by atoms with E-state index >= 15 is 0 Å². The first-order chi connectivity index (χ1) is 14.8. The van der Waals surface area contributed by atoms with Gasteiger partial charge in [-0.05, 0) is 36.8 Å². The minimum Gasteiger partial charge on any atom is -0.495 e. The first-order valence-electron chi connectivity index (χ1n) is 9.23. The van der Waals surface area contributed by atoms with Crippen LogP contribution in [0.15, 0.2) is 54.6 Å². The minimum absolute atomic E-state index is 0.0882. The zero-order valence-electron chi connectivity index (χ0n) is 17.1. The molecule has 0 aliphatic heterocycles. The summed E-state index contributed by atoms with van der Waals surface area (Å²) in [6.45, 7) is 1.77. The average Bonchev–Trinajstić information content (AvgIpc) is 2.76. The second kappa shape index (κ2) is 9.49. The first-order valence-corrected chi connectivity index (χ1v) is 9.61. The maximum atomic E-state index is 13.9. The fourth-order valence-corrected chi connectivity index (χ4v) is 3.12. The van der Waals surface area contributed by atoms with E-state index in [9.17, 15) is 14.0 Å². The van der Waals surface area contributed by atoms with E-state index in [1.54, 1.807) is 31.2 Å². The molecule has 2 amide bonds. The first kappa shape index (κ1) is 22.1. The fraction of sp³-hybridized carbons (Fsp3) is 0.130. The maximum Gasteiger partial charge on any atom is 0.258 e. The summed E-state index contributed by atoms with van der Waals surface area (Å²) >= 11 is 6.10. The van der Waals surface area contributed by atoms with Gasteiger partial charge in [-0.3, -0.25) is 9.59 Å². The Hall–Kier alpha value is -3.58. The number of hydrogen-bond donors (Lipinski definition) is 2. The van der Waals surface area contributed by atoms with E-state index in [4.69, 9.17) is 21.1 Å². The lowest BCUT2D eigenvalue weighted by atomic mass is 10.1. The number of halogens is 2. The molecule has 0 saturated heterocycles. The third-order valence-electron chi connectivity index (χ3n) is 4.59. The molecule has 3 rings (SSSR count). The van der Waals surface area contributed by atoms with Crippen LogP contribution in [0.4, 0.5) is 15.8 Å². The molecule has 3 aromatic carbocycles. The van der Waals surface area contributed by atoms with Crippen molar-refractivity contribution < 1.29 is 23.5 Å². The number of ether oxygens (including phenoxy) is 2. The lowest BCUT2D eigenvalue weighted by Crippen LogP contribution is -2.16. The normalized spacial score (nSPS) is 10.4. The highest BCUT2D eigenvalue weighted by Gasteiger charge is 2.16. The summed E-state index contributed by atoms with van der Waals surface area (Å²) in [5, 5.41) is 5.74. The summed E-state index contributed by atoms with van der Waals surface area (Å²) in [5.74, 6) is -0.943. The number of nitrogens with one attached hydrogen (secondary N) is 2. The van der Waals surface area contributed by atoms with Gasteiger partial charge in [0.05, 0.1) is 30.5 Å². The van der Waals surface area contributed by atoms with Crippen molar-refractivity contribution in [2.45, 2.75) is 6.92 Å². The number of amides is 2. The fourth-order valence-electron chi connectivity index (χ4n) is 2.89. The van der Waals surface area contributed by atoms with Crippen LogP contribution in [0.2, 0.25) is 5.02 Å². The molecule has 0 heterocycles. The Balaban J connectivity index is 1.85. The zero-order valence-corrected chi connectivity index (χ0v) is 17.8. The lowest BCUT2D eigenvalue weighted by molar-refractivity contribution is 0.101. The molecule has 3 aromatic rings. The Kier molecular flexibility index (Phi) is 6.77. The molecule has 0 atom stereocenters. The van der Waals surface area contributed by atoms with E-state index in [-0.39, 0.29) is 11.1 Å². The van der Waals surface area contributed by atoms with E-state index in [0.717, 1.165) is 0 Å². The third kappa shape index (κ3) is 4.95. The van der Waals surface area contributed by atoms with Crippen LogP contribution in [0.5, 0.6) is 11.5 Å². The number of anilines is 2. The van der Waals surface area contributed by atoms with E-state index < -0.39 is 17.6 Å². The number of carbonyl (C=O) groups is 2. The highest BCUT2D eigenvalue weighted by Crippen LogP contribution is 2.36. The SMILES string of the molecule is COc1cc(NC(=O)c2ccc(C)c(NC(=O)c3ccccc3F)c2)c(OC)cc1Cl. The van der Waals surface area contributed by atoms with Gasteiger partial charge < -0.3 is 20.1 Å². The molecule has 31 heavy (non-hydrogen) atoms. The molecule has 0 fully saturated rings. The van der Waals surface area contributed by atoms with Crippen molar-refractivity contribution in [3.63, 3.8) is 0 Å². The summed E-state index contributed by atoms with van der Waals surface area (Å²) in [6, 6.07) is 13.6. The van der Waals surface area contributed by atoms with Crippen LogP contribution in [-0.4, -0.2) is 26.0 Å². The molecule has 0 aliphatic rings. The molecule has 0 bridgehead atoms. The van der Waals surface area contributed by atoms with Gasteiger partial charge in [-0.25, -0.2) is 4.39 Å². The molecule has 6 nitrogen and oxygen atoms in total. The van der Waals surface area contributed by atoms with Gasteiger partial charge >= 0.3 is 0 Å². The summed E-state index contributed by atoms with van der Waals surface area (Å²) in [5.41, 5.74) is 1.67. The number of aryl methyl sites for hydroxylation is 1. The smallest absolute Gasteiger partial charge is 0.258 e. The molecule has 0 radical (unpaired) electrons. The van der Waals surface area contributed by atoms with Gasteiger partial charge in [0, 0.05) is 23.4 Å². The summed E-state index contributed by atoms with van der Waals surface area (Å²) in [7, 11) is 2.92. The van der Waals surface area contributed by atoms with Crippen molar-refractivity contribution in [2.75, 3.05) is 24.9 Å². The number of hydrogen-bond acceptors (Lipinski definition) is 4. The van der Waals surface area contributed by atoms with Crippen LogP contribution in [0.25, 0.3) is 0 Å². The molecule has 0 aliphatic carbocycles. The van der Waals surface area contributed by atoms with E-state index in [1.165, 1.54) is 44.6 Å². The van der Waals surface area contributed by atoms with Crippen molar-refractivity contribution in [3.05, 3.63) is 82.1 Å². The maximum absolute atomic E-state index is 13.9. The van der Waals surface area contributed by atoms with Crippen LogP contribution >= 0.6 is 11.6 Å². The van der Waals surface area contributed by atoms with Gasteiger partial charge in [0.1, 0.15) is 17.3 Å². The predicted molar refractivity (Wildman–Crippen MR) is 118 cm³/mol. The molecular formula is C23H20ClFN2O4. The van der Waals surface area contributed by atoms with Gasteiger partial charge in [-0.1, -0.05) is 29.8 Å². The topological polar surface area (TPSA) is 76.7 Å². The third-order valence-corrected chi connectivity index (χ3v) is 4.88. The van der Waals surface area contributed by atoms with Crippen molar-refractivity contribution in [2.24, 2.45) is 0 Å². The Morgan fingerprint density at radius 2 is 1.55 bits per heavy atom. The highest BCUT2D eigenvalue weighted by atomic mass is 35.5. The average molecular weight is 443 g/mol. The Bertz CT molecular complexity index is 1150. The number of benzene rings is 3. The number of methoxy groups -OCH3 is 2. The Morgan fingerprint density at radius 3 is 2.23 bits per heavy atom. The van der Waals surface area contributed by atoms with Gasteiger partial charge in [-0.2, -0.15) is 0 Å². The zero-order chi connectivity index (χ0) is 22.5. The molecule has 0 aromatic heterocycles. The Morgan fingerprint density at radius 1 is 0.871 bits per heavy atom. The van der Waals surface area contributed by atoms with Crippen molar-refractivity contribution in [1.82, 2.24) is 0 Å². The van der Waals surface area contributed by atoms with E-state index in [1.807, 2.05) is 0 Å². The van der Waals surface area contributed by atoms with Gasteiger partial charge in [0.15, 0.2) is 0 Å². The molecule has 0 spiro atoms. The molecule has 8 heteroatoms. The second-order valence-electron chi connectivity index (χ2n) is 6.60. The van der Waals surface area contributed by atoms with Gasteiger partial charge in [0.25, 0.3) is 11.8 Å². The van der Waals surface area contributed by atoms with Gasteiger partial charge in [0.2, 0.25) is 0 Å². The quantitative estimate of drug-likeness (QED) is 0.542. The van der Waals surface area contributed by atoms with Gasteiger partial charge in [-0.15, -0.1) is 0 Å².